The predicted octanol–water partition coefficient (Wildman–Crippen LogP) is -0.842. The Morgan fingerprint density at radius 3 is 2.25 bits per heavy atom. The number of aliphatic carboxylic acids is 2. The summed E-state index contributed by atoms with van der Waals surface area (Å²) in [5, 5.41) is 19.4. The Balaban J connectivity index is 4.13. The highest BCUT2D eigenvalue weighted by atomic mass is 16.4. The lowest BCUT2D eigenvalue weighted by atomic mass is 10.1. The van der Waals surface area contributed by atoms with Crippen LogP contribution in [0.3, 0.4) is 0 Å². The van der Waals surface area contributed by atoms with Crippen LogP contribution in [-0.4, -0.2) is 40.1 Å². The van der Waals surface area contributed by atoms with Crippen molar-refractivity contribution < 1.29 is 24.6 Å². The molecule has 0 aliphatic heterocycles. The first kappa shape index (κ1) is 14.4. The number of hydrogen-bond acceptors (Lipinski definition) is 4. The van der Waals surface area contributed by atoms with Gasteiger partial charge in [0.25, 0.3) is 0 Å². The summed E-state index contributed by atoms with van der Waals surface area (Å²) in [6.07, 6.45) is 0.128. The first-order valence-corrected chi connectivity index (χ1v) is 4.85. The summed E-state index contributed by atoms with van der Waals surface area (Å²) in [5.74, 6) is -2.76. The third kappa shape index (κ3) is 5.97. The number of hydrogen-bond donors (Lipinski definition) is 4. The van der Waals surface area contributed by atoms with Crippen LogP contribution in [0.1, 0.15) is 26.2 Å². The molecule has 0 spiro atoms. The molecule has 7 heteroatoms. The molecule has 1 amide bonds. The number of amides is 1. The Bertz CT molecular complexity index is 277. The van der Waals surface area contributed by atoms with Crippen molar-refractivity contribution in [3.05, 3.63) is 0 Å². The van der Waals surface area contributed by atoms with Crippen LogP contribution >= 0.6 is 0 Å². The van der Waals surface area contributed by atoms with Crippen molar-refractivity contribution in [2.45, 2.75) is 38.3 Å². The highest BCUT2D eigenvalue weighted by molar-refractivity contribution is 5.86. The SMILES string of the molecule is C[C@H](N)C(=O)N[C@H](CCCC(=O)O)C(=O)O. The van der Waals surface area contributed by atoms with E-state index in [0.717, 1.165) is 0 Å². The molecule has 0 aromatic rings. The van der Waals surface area contributed by atoms with Crippen molar-refractivity contribution in [3.8, 4) is 0 Å². The number of nitrogens with one attached hydrogen (secondary N) is 1. The van der Waals surface area contributed by atoms with Crippen molar-refractivity contribution >= 4 is 17.8 Å². The Labute approximate surface area is 92.6 Å². The summed E-state index contributed by atoms with van der Waals surface area (Å²) in [6.45, 7) is 1.44. The highest BCUT2D eigenvalue weighted by Gasteiger charge is 2.21. The topological polar surface area (TPSA) is 130 Å². The average Bonchev–Trinajstić information content (AvgIpc) is 2.14. The third-order valence-electron chi connectivity index (χ3n) is 1.91. The van der Waals surface area contributed by atoms with E-state index >= 15 is 0 Å². The van der Waals surface area contributed by atoms with Crippen LogP contribution in [0.2, 0.25) is 0 Å². The molecule has 0 heterocycles. The molecule has 0 rings (SSSR count). The minimum absolute atomic E-state index is 0.0695. The summed E-state index contributed by atoms with van der Waals surface area (Å²) in [7, 11) is 0. The Morgan fingerprint density at radius 1 is 1.31 bits per heavy atom. The molecule has 7 nitrogen and oxygen atoms in total. The Kier molecular flexibility index (Phi) is 6.09. The molecule has 0 aliphatic rings. The molecule has 0 aliphatic carbocycles. The number of carbonyl (C=O) groups is 3. The normalized spacial score (nSPS) is 13.9. The highest BCUT2D eigenvalue weighted by Crippen LogP contribution is 2.02. The van der Waals surface area contributed by atoms with Crippen LogP contribution in [0, 0.1) is 0 Å². The van der Waals surface area contributed by atoms with E-state index in [1.165, 1.54) is 6.92 Å². The molecule has 0 unspecified atom stereocenters. The van der Waals surface area contributed by atoms with Gasteiger partial charge in [0.05, 0.1) is 6.04 Å². The van der Waals surface area contributed by atoms with Gasteiger partial charge in [-0.05, 0) is 19.8 Å². The van der Waals surface area contributed by atoms with E-state index in [2.05, 4.69) is 5.32 Å². The molecule has 5 N–H and O–H groups in total. The van der Waals surface area contributed by atoms with Gasteiger partial charge in [-0.1, -0.05) is 0 Å². The maximum Gasteiger partial charge on any atom is 0.326 e. The lowest BCUT2D eigenvalue weighted by Gasteiger charge is -2.15. The summed E-state index contributed by atoms with van der Waals surface area (Å²) < 4.78 is 0. The molecule has 0 bridgehead atoms. The number of nitrogens with two attached hydrogens (primary N) is 1. The molecular formula is C9H16N2O5. The molecule has 16 heavy (non-hydrogen) atoms. The number of carbonyl (C=O) groups excluding carboxylic acids is 1. The molecular weight excluding hydrogens is 216 g/mol. The van der Waals surface area contributed by atoms with Crippen LogP contribution in [0.15, 0.2) is 0 Å². The smallest absolute Gasteiger partial charge is 0.326 e. The number of carboxylic acid groups (broad SMARTS) is 2. The van der Waals surface area contributed by atoms with Gasteiger partial charge in [-0.15, -0.1) is 0 Å². The lowest BCUT2D eigenvalue weighted by molar-refractivity contribution is -0.142. The first-order chi connectivity index (χ1) is 7.34. The molecule has 0 saturated carbocycles. The van der Waals surface area contributed by atoms with E-state index in [9.17, 15) is 14.4 Å². The number of rotatable bonds is 7. The zero-order valence-electron chi connectivity index (χ0n) is 8.97. The van der Waals surface area contributed by atoms with Crippen molar-refractivity contribution in [2.75, 3.05) is 0 Å². The summed E-state index contributed by atoms with van der Waals surface area (Å²) >= 11 is 0. The van der Waals surface area contributed by atoms with E-state index in [0.29, 0.717) is 0 Å². The maximum absolute atomic E-state index is 11.1. The monoisotopic (exact) mass is 232 g/mol. The summed E-state index contributed by atoms with van der Waals surface area (Å²) in [6, 6.07) is -1.88. The van der Waals surface area contributed by atoms with Crippen LogP contribution < -0.4 is 11.1 Å². The van der Waals surface area contributed by atoms with Crippen LogP contribution in [0.25, 0.3) is 0 Å². The molecule has 0 fully saturated rings. The Hall–Kier alpha value is -1.63. The zero-order valence-corrected chi connectivity index (χ0v) is 8.97. The minimum atomic E-state index is -1.20. The van der Waals surface area contributed by atoms with Gasteiger partial charge in [0.15, 0.2) is 0 Å². The van der Waals surface area contributed by atoms with Gasteiger partial charge in [0.2, 0.25) is 5.91 Å². The van der Waals surface area contributed by atoms with Crippen molar-refractivity contribution in [2.24, 2.45) is 5.73 Å². The van der Waals surface area contributed by atoms with Crippen LogP contribution in [-0.2, 0) is 14.4 Å². The fourth-order valence-corrected chi connectivity index (χ4v) is 1.02. The van der Waals surface area contributed by atoms with E-state index in [1.807, 2.05) is 0 Å². The predicted molar refractivity (Wildman–Crippen MR) is 54.7 cm³/mol. The second kappa shape index (κ2) is 6.78. The number of carboxylic acids is 2. The van der Waals surface area contributed by atoms with Gasteiger partial charge in [0.1, 0.15) is 6.04 Å². The van der Waals surface area contributed by atoms with Gasteiger partial charge in [-0.25, -0.2) is 4.79 Å². The summed E-state index contributed by atoms with van der Waals surface area (Å²) in [4.78, 5) is 32.1. The van der Waals surface area contributed by atoms with E-state index in [1.54, 1.807) is 0 Å². The maximum atomic E-state index is 11.1. The van der Waals surface area contributed by atoms with Gasteiger partial charge >= 0.3 is 11.9 Å². The zero-order chi connectivity index (χ0) is 12.7. The van der Waals surface area contributed by atoms with Crippen molar-refractivity contribution in [3.63, 3.8) is 0 Å². The van der Waals surface area contributed by atoms with E-state index in [-0.39, 0.29) is 19.3 Å². The fourth-order valence-electron chi connectivity index (χ4n) is 1.02. The summed E-state index contributed by atoms with van der Waals surface area (Å²) in [5.41, 5.74) is 5.26. The molecule has 0 aromatic carbocycles. The van der Waals surface area contributed by atoms with Crippen LogP contribution in [0.4, 0.5) is 0 Å². The van der Waals surface area contributed by atoms with Gasteiger partial charge < -0.3 is 21.3 Å². The second-order valence-electron chi connectivity index (χ2n) is 3.47. The second-order valence-corrected chi connectivity index (χ2v) is 3.47. The van der Waals surface area contributed by atoms with Crippen LogP contribution in [0.5, 0.6) is 0 Å². The lowest BCUT2D eigenvalue weighted by Crippen LogP contribution is -2.47. The molecule has 0 saturated heterocycles. The molecule has 0 radical (unpaired) electrons. The van der Waals surface area contributed by atoms with E-state index < -0.39 is 29.9 Å². The fraction of sp³-hybridized carbons (Fsp3) is 0.667. The third-order valence-corrected chi connectivity index (χ3v) is 1.91. The largest absolute Gasteiger partial charge is 0.481 e. The van der Waals surface area contributed by atoms with E-state index in [4.69, 9.17) is 15.9 Å². The average molecular weight is 232 g/mol. The van der Waals surface area contributed by atoms with Gasteiger partial charge in [0, 0.05) is 6.42 Å². The standard InChI is InChI=1S/C9H16N2O5/c1-5(10)8(14)11-6(9(15)16)3-2-4-7(12)13/h5-6H,2-4,10H2,1H3,(H,11,14)(H,12,13)(H,15,16)/t5-,6+/m0/s1. The van der Waals surface area contributed by atoms with Crippen molar-refractivity contribution in [1.29, 1.82) is 0 Å². The van der Waals surface area contributed by atoms with Gasteiger partial charge in [-0.3, -0.25) is 9.59 Å². The molecule has 2 atom stereocenters. The van der Waals surface area contributed by atoms with Crippen molar-refractivity contribution in [1.82, 2.24) is 5.32 Å². The molecule has 92 valence electrons. The van der Waals surface area contributed by atoms with Gasteiger partial charge in [-0.2, -0.15) is 0 Å². The Morgan fingerprint density at radius 2 is 1.88 bits per heavy atom. The first-order valence-electron chi connectivity index (χ1n) is 4.85. The quantitative estimate of drug-likeness (QED) is 0.452. The minimum Gasteiger partial charge on any atom is -0.481 e. The molecule has 0 aromatic heterocycles.